The minimum Gasteiger partial charge on any atom is -0.386 e. The van der Waals surface area contributed by atoms with E-state index >= 15 is 0 Å². The summed E-state index contributed by atoms with van der Waals surface area (Å²) in [6.45, 7) is 0. The zero-order chi connectivity index (χ0) is 8.55. The summed E-state index contributed by atoms with van der Waals surface area (Å²) in [7, 11) is 0. The van der Waals surface area contributed by atoms with Crippen LogP contribution in [0.2, 0.25) is 0 Å². The molecule has 0 aromatic heterocycles. The van der Waals surface area contributed by atoms with E-state index < -0.39 is 12.2 Å². The Kier molecular flexibility index (Phi) is 2.03. The van der Waals surface area contributed by atoms with Crippen LogP contribution in [0.15, 0.2) is 23.3 Å². The number of aliphatic hydroxyl groups excluding tert-OH is 2. The van der Waals surface area contributed by atoms with Crippen LogP contribution in [-0.2, 0) is 0 Å². The van der Waals surface area contributed by atoms with Gasteiger partial charge in [0.15, 0.2) is 0 Å². The summed E-state index contributed by atoms with van der Waals surface area (Å²) in [5.41, 5.74) is 2.32. The van der Waals surface area contributed by atoms with Gasteiger partial charge in [-0.05, 0) is 36.8 Å². The number of hydrogen-bond donors (Lipinski definition) is 2. The van der Waals surface area contributed by atoms with Crippen molar-refractivity contribution in [1.82, 2.24) is 0 Å². The van der Waals surface area contributed by atoms with Crippen LogP contribution >= 0.6 is 0 Å². The third kappa shape index (κ3) is 1.21. The molecule has 12 heavy (non-hydrogen) atoms. The Bertz CT molecular complexity index is 240. The second-order valence-electron chi connectivity index (χ2n) is 3.55. The Morgan fingerprint density at radius 3 is 2.75 bits per heavy atom. The highest BCUT2D eigenvalue weighted by atomic mass is 16.3. The summed E-state index contributed by atoms with van der Waals surface area (Å²) < 4.78 is 0. The fraction of sp³-hybridized carbons (Fsp3) is 0.600. The number of aliphatic hydroxyl groups is 2. The van der Waals surface area contributed by atoms with Crippen LogP contribution < -0.4 is 0 Å². The van der Waals surface area contributed by atoms with Crippen molar-refractivity contribution in [2.24, 2.45) is 0 Å². The predicted octanol–water partition coefficient (Wildman–Crippen LogP) is 1.15. The van der Waals surface area contributed by atoms with Crippen molar-refractivity contribution in [1.29, 1.82) is 0 Å². The van der Waals surface area contributed by atoms with E-state index in [0.717, 1.165) is 24.8 Å². The van der Waals surface area contributed by atoms with Crippen LogP contribution in [0.1, 0.15) is 25.7 Å². The first-order valence-corrected chi connectivity index (χ1v) is 4.55. The first kappa shape index (κ1) is 8.02. The van der Waals surface area contributed by atoms with Crippen LogP contribution in [0.25, 0.3) is 0 Å². The molecule has 0 aromatic rings. The van der Waals surface area contributed by atoms with Gasteiger partial charge in [-0.2, -0.15) is 0 Å². The van der Waals surface area contributed by atoms with Crippen molar-refractivity contribution < 1.29 is 10.2 Å². The lowest BCUT2D eigenvalue weighted by Crippen LogP contribution is -2.30. The zero-order valence-corrected chi connectivity index (χ0v) is 7.03. The van der Waals surface area contributed by atoms with Crippen LogP contribution in [0.3, 0.4) is 0 Å². The normalized spacial score (nSPS) is 35.2. The molecule has 0 fully saturated rings. The van der Waals surface area contributed by atoms with Gasteiger partial charge in [-0.15, -0.1) is 0 Å². The highest BCUT2D eigenvalue weighted by molar-refractivity contribution is 5.35. The second-order valence-corrected chi connectivity index (χ2v) is 3.55. The minimum absolute atomic E-state index is 0.634. The molecule has 0 amide bonds. The third-order valence-electron chi connectivity index (χ3n) is 2.73. The molecule has 0 aromatic carbocycles. The second kappa shape index (κ2) is 3.04. The van der Waals surface area contributed by atoms with Gasteiger partial charge >= 0.3 is 0 Å². The standard InChI is InChI=1S/C10H14O2/c11-9-6-5-7-3-1-2-4-8(7)10(9)12/h5-6,9-12H,1-4H2/t9-,10+/m1/s1. The summed E-state index contributed by atoms with van der Waals surface area (Å²) in [5, 5.41) is 19.0. The fourth-order valence-electron chi connectivity index (χ4n) is 2.01. The molecule has 0 spiro atoms. The van der Waals surface area contributed by atoms with E-state index in [2.05, 4.69) is 0 Å². The molecule has 0 saturated heterocycles. The molecule has 2 rings (SSSR count). The van der Waals surface area contributed by atoms with Gasteiger partial charge < -0.3 is 10.2 Å². The molecule has 2 atom stereocenters. The zero-order valence-electron chi connectivity index (χ0n) is 7.03. The third-order valence-corrected chi connectivity index (χ3v) is 2.73. The van der Waals surface area contributed by atoms with Crippen LogP contribution in [-0.4, -0.2) is 22.4 Å². The summed E-state index contributed by atoms with van der Waals surface area (Å²) in [5.74, 6) is 0. The lowest BCUT2D eigenvalue weighted by atomic mass is 9.83. The lowest BCUT2D eigenvalue weighted by Gasteiger charge is -2.28. The van der Waals surface area contributed by atoms with Gasteiger partial charge in [0.1, 0.15) is 12.2 Å². The SMILES string of the molecule is O[C@@H]1C=CC2=C(CCCC2)[C@@H]1O. The summed E-state index contributed by atoms with van der Waals surface area (Å²) in [4.78, 5) is 0. The molecule has 2 aliphatic rings. The van der Waals surface area contributed by atoms with Gasteiger partial charge in [-0.3, -0.25) is 0 Å². The Labute approximate surface area is 72.2 Å². The smallest absolute Gasteiger partial charge is 0.105 e. The topological polar surface area (TPSA) is 40.5 Å². The molecular formula is C10H14O2. The van der Waals surface area contributed by atoms with E-state index in [1.807, 2.05) is 6.08 Å². The van der Waals surface area contributed by atoms with E-state index in [-0.39, 0.29) is 0 Å². The maximum absolute atomic E-state index is 9.61. The summed E-state index contributed by atoms with van der Waals surface area (Å²) in [6.07, 6.45) is 6.73. The van der Waals surface area contributed by atoms with E-state index in [1.54, 1.807) is 6.08 Å². The first-order valence-electron chi connectivity index (χ1n) is 4.55. The monoisotopic (exact) mass is 166 g/mol. The average molecular weight is 166 g/mol. The Hall–Kier alpha value is -0.600. The molecule has 66 valence electrons. The number of rotatable bonds is 0. The van der Waals surface area contributed by atoms with E-state index in [0.29, 0.717) is 0 Å². The van der Waals surface area contributed by atoms with Gasteiger partial charge in [-0.25, -0.2) is 0 Å². The number of hydrogen-bond acceptors (Lipinski definition) is 2. The molecule has 2 nitrogen and oxygen atoms in total. The van der Waals surface area contributed by atoms with Crippen molar-refractivity contribution in [3.8, 4) is 0 Å². The molecule has 0 saturated carbocycles. The molecule has 0 aliphatic heterocycles. The fourth-order valence-corrected chi connectivity index (χ4v) is 2.01. The van der Waals surface area contributed by atoms with Gasteiger partial charge in [0.2, 0.25) is 0 Å². The van der Waals surface area contributed by atoms with Crippen molar-refractivity contribution in [2.45, 2.75) is 37.9 Å². The largest absolute Gasteiger partial charge is 0.386 e. The molecule has 0 bridgehead atoms. The highest BCUT2D eigenvalue weighted by Crippen LogP contribution is 2.31. The van der Waals surface area contributed by atoms with E-state index in [4.69, 9.17) is 0 Å². The van der Waals surface area contributed by atoms with Crippen LogP contribution in [0, 0.1) is 0 Å². The summed E-state index contributed by atoms with van der Waals surface area (Å²) >= 11 is 0. The number of allylic oxidation sites excluding steroid dienone is 2. The van der Waals surface area contributed by atoms with Crippen molar-refractivity contribution >= 4 is 0 Å². The molecule has 2 aliphatic carbocycles. The van der Waals surface area contributed by atoms with Gasteiger partial charge in [0.25, 0.3) is 0 Å². The molecule has 0 unspecified atom stereocenters. The minimum atomic E-state index is -0.679. The maximum Gasteiger partial charge on any atom is 0.105 e. The Balaban J connectivity index is 2.28. The Morgan fingerprint density at radius 1 is 1.17 bits per heavy atom. The average Bonchev–Trinajstić information content (AvgIpc) is 2.12. The van der Waals surface area contributed by atoms with Gasteiger partial charge in [0, 0.05) is 0 Å². The van der Waals surface area contributed by atoms with E-state index in [1.165, 1.54) is 12.0 Å². The quantitative estimate of drug-likeness (QED) is 0.566. The molecular weight excluding hydrogens is 152 g/mol. The predicted molar refractivity (Wildman–Crippen MR) is 46.6 cm³/mol. The van der Waals surface area contributed by atoms with Gasteiger partial charge in [0.05, 0.1) is 0 Å². The van der Waals surface area contributed by atoms with E-state index in [9.17, 15) is 10.2 Å². The van der Waals surface area contributed by atoms with Gasteiger partial charge in [-0.1, -0.05) is 12.2 Å². The van der Waals surface area contributed by atoms with Crippen molar-refractivity contribution in [2.75, 3.05) is 0 Å². The van der Waals surface area contributed by atoms with Crippen LogP contribution in [0.5, 0.6) is 0 Å². The highest BCUT2D eigenvalue weighted by Gasteiger charge is 2.25. The molecule has 0 heterocycles. The maximum atomic E-state index is 9.61. The van der Waals surface area contributed by atoms with Crippen LogP contribution in [0.4, 0.5) is 0 Å². The Morgan fingerprint density at radius 2 is 1.92 bits per heavy atom. The molecule has 2 heteroatoms. The molecule has 2 N–H and O–H groups in total. The summed E-state index contributed by atoms with van der Waals surface area (Å²) in [6, 6.07) is 0. The molecule has 0 radical (unpaired) electrons. The van der Waals surface area contributed by atoms with Crippen molar-refractivity contribution in [3.05, 3.63) is 23.3 Å². The first-order chi connectivity index (χ1) is 5.79. The van der Waals surface area contributed by atoms with Crippen molar-refractivity contribution in [3.63, 3.8) is 0 Å². The lowest BCUT2D eigenvalue weighted by molar-refractivity contribution is 0.0670.